The van der Waals surface area contributed by atoms with Gasteiger partial charge in [0, 0.05) is 5.69 Å². The molecule has 1 aromatic carbocycles. The molecule has 0 bridgehead atoms. The van der Waals surface area contributed by atoms with Crippen molar-refractivity contribution in [1.29, 1.82) is 0 Å². The maximum Gasteiger partial charge on any atom is 0.0316 e. The topological polar surface area (TPSA) is 38.0 Å². The Morgan fingerprint density at radius 3 is 2.79 bits per heavy atom. The van der Waals surface area contributed by atoms with E-state index in [-0.39, 0.29) is 0 Å². The Bertz CT molecular complexity index is 290. The molecule has 2 nitrogen and oxygen atoms in total. The first kappa shape index (κ1) is 9.53. The molecule has 1 aliphatic rings. The van der Waals surface area contributed by atoms with E-state index in [1.54, 1.807) is 0 Å². The van der Waals surface area contributed by atoms with Crippen molar-refractivity contribution < 1.29 is 0 Å². The van der Waals surface area contributed by atoms with Crippen molar-refractivity contribution in [1.82, 2.24) is 5.32 Å². The van der Waals surface area contributed by atoms with Crippen LogP contribution in [0.1, 0.15) is 18.4 Å². The lowest BCUT2D eigenvalue weighted by atomic mass is 9.91. The molecule has 1 heterocycles. The van der Waals surface area contributed by atoms with Gasteiger partial charge in [0.25, 0.3) is 0 Å². The van der Waals surface area contributed by atoms with Crippen molar-refractivity contribution in [2.24, 2.45) is 5.92 Å². The van der Waals surface area contributed by atoms with Gasteiger partial charge in [0.15, 0.2) is 0 Å². The number of hydrogen-bond acceptors (Lipinski definition) is 2. The van der Waals surface area contributed by atoms with Gasteiger partial charge >= 0.3 is 0 Å². The number of nitrogens with two attached hydrogens (primary N) is 1. The predicted molar refractivity (Wildman–Crippen MR) is 60.2 cm³/mol. The van der Waals surface area contributed by atoms with Gasteiger partial charge in [-0.05, 0) is 56.0 Å². The van der Waals surface area contributed by atoms with E-state index in [1.807, 2.05) is 12.1 Å². The minimum absolute atomic E-state index is 0.845. The maximum absolute atomic E-state index is 5.75. The Hall–Kier alpha value is -1.02. The quantitative estimate of drug-likeness (QED) is 0.698. The summed E-state index contributed by atoms with van der Waals surface area (Å²) < 4.78 is 0. The summed E-state index contributed by atoms with van der Waals surface area (Å²) >= 11 is 0. The third kappa shape index (κ3) is 2.48. The van der Waals surface area contributed by atoms with E-state index in [2.05, 4.69) is 17.4 Å². The van der Waals surface area contributed by atoms with Crippen LogP contribution < -0.4 is 11.1 Å². The van der Waals surface area contributed by atoms with Crippen LogP contribution in [-0.4, -0.2) is 13.1 Å². The fourth-order valence-corrected chi connectivity index (χ4v) is 2.14. The van der Waals surface area contributed by atoms with Gasteiger partial charge in [-0.1, -0.05) is 12.1 Å². The maximum atomic E-state index is 5.75. The average molecular weight is 190 g/mol. The highest BCUT2D eigenvalue weighted by Crippen LogP contribution is 2.18. The molecule has 0 spiro atoms. The number of hydrogen-bond donors (Lipinski definition) is 2. The van der Waals surface area contributed by atoms with Crippen molar-refractivity contribution in [3.05, 3.63) is 29.8 Å². The monoisotopic (exact) mass is 190 g/mol. The molecule has 76 valence electrons. The van der Waals surface area contributed by atoms with Crippen LogP contribution in [0, 0.1) is 5.92 Å². The van der Waals surface area contributed by atoms with E-state index >= 15 is 0 Å². The summed E-state index contributed by atoms with van der Waals surface area (Å²) in [6.45, 7) is 2.35. The second-order valence-electron chi connectivity index (χ2n) is 4.14. The van der Waals surface area contributed by atoms with Gasteiger partial charge in [-0.3, -0.25) is 0 Å². The number of nitrogens with one attached hydrogen (secondary N) is 1. The lowest BCUT2D eigenvalue weighted by molar-refractivity contribution is 0.373. The summed E-state index contributed by atoms with van der Waals surface area (Å²) in [5, 5.41) is 3.39. The van der Waals surface area contributed by atoms with Crippen LogP contribution >= 0.6 is 0 Å². The van der Waals surface area contributed by atoms with Crippen molar-refractivity contribution in [3.8, 4) is 0 Å². The standard InChI is InChI=1S/C12H18N2/c13-12-3-1-2-11(9-12)8-10-4-6-14-7-5-10/h1-3,9-10,14H,4-8,13H2. The summed E-state index contributed by atoms with van der Waals surface area (Å²) in [7, 11) is 0. The summed E-state index contributed by atoms with van der Waals surface area (Å²) in [6.07, 6.45) is 3.79. The van der Waals surface area contributed by atoms with E-state index in [4.69, 9.17) is 5.73 Å². The second kappa shape index (κ2) is 4.47. The van der Waals surface area contributed by atoms with Crippen LogP contribution in [0.15, 0.2) is 24.3 Å². The number of nitrogen functional groups attached to an aromatic ring is 1. The van der Waals surface area contributed by atoms with Crippen molar-refractivity contribution in [3.63, 3.8) is 0 Å². The van der Waals surface area contributed by atoms with Gasteiger partial charge < -0.3 is 11.1 Å². The van der Waals surface area contributed by atoms with Crippen LogP contribution in [0.3, 0.4) is 0 Å². The fourth-order valence-electron chi connectivity index (χ4n) is 2.14. The van der Waals surface area contributed by atoms with Crippen molar-refractivity contribution in [2.45, 2.75) is 19.3 Å². The zero-order valence-electron chi connectivity index (χ0n) is 8.50. The van der Waals surface area contributed by atoms with Gasteiger partial charge in [-0.15, -0.1) is 0 Å². The third-order valence-corrected chi connectivity index (χ3v) is 2.93. The molecule has 1 saturated heterocycles. The average Bonchev–Trinajstić information content (AvgIpc) is 2.19. The lowest BCUT2D eigenvalue weighted by Crippen LogP contribution is -2.28. The number of rotatable bonds is 2. The predicted octanol–water partition coefficient (Wildman–Crippen LogP) is 1.81. The first-order chi connectivity index (χ1) is 6.84. The highest BCUT2D eigenvalue weighted by Gasteiger charge is 2.13. The molecule has 14 heavy (non-hydrogen) atoms. The van der Waals surface area contributed by atoms with E-state index in [1.165, 1.54) is 37.9 Å². The highest BCUT2D eigenvalue weighted by atomic mass is 14.9. The summed E-state index contributed by atoms with van der Waals surface area (Å²) in [4.78, 5) is 0. The molecule has 0 radical (unpaired) electrons. The van der Waals surface area contributed by atoms with Crippen molar-refractivity contribution >= 4 is 5.69 Å². The Morgan fingerprint density at radius 2 is 2.07 bits per heavy atom. The minimum atomic E-state index is 0.845. The molecular formula is C12H18N2. The number of benzene rings is 1. The molecular weight excluding hydrogens is 172 g/mol. The summed E-state index contributed by atoms with van der Waals surface area (Å²) in [6, 6.07) is 8.28. The zero-order valence-corrected chi connectivity index (χ0v) is 8.50. The van der Waals surface area contributed by atoms with Crippen LogP contribution in [0.25, 0.3) is 0 Å². The SMILES string of the molecule is Nc1cccc(CC2CCNCC2)c1. The molecule has 1 aromatic rings. The molecule has 0 aromatic heterocycles. The van der Waals surface area contributed by atoms with Gasteiger partial charge in [-0.25, -0.2) is 0 Å². The number of anilines is 1. The smallest absolute Gasteiger partial charge is 0.0316 e. The first-order valence-corrected chi connectivity index (χ1v) is 5.40. The van der Waals surface area contributed by atoms with Gasteiger partial charge in [0.1, 0.15) is 0 Å². The molecule has 0 saturated carbocycles. The second-order valence-corrected chi connectivity index (χ2v) is 4.14. The fraction of sp³-hybridized carbons (Fsp3) is 0.500. The first-order valence-electron chi connectivity index (χ1n) is 5.40. The van der Waals surface area contributed by atoms with Gasteiger partial charge in [0.2, 0.25) is 0 Å². The highest BCUT2D eigenvalue weighted by molar-refractivity contribution is 5.40. The minimum Gasteiger partial charge on any atom is -0.399 e. The molecule has 2 rings (SSSR count). The molecule has 3 N–H and O–H groups in total. The largest absolute Gasteiger partial charge is 0.399 e. The Balaban J connectivity index is 1.95. The summed E-state index contributed by atoms with van der Waals surface area (Å²) in [5.74, 6) is 0.845. The summed E-state index contributed by atoms with van der Waals surface area (Å²) in [5.41, 5.74) is 8.02. The third-order valence-electron chi connectivity index (χ3n) is 2.93. The molecule has 0 aliphatic carbocycles. The van der Waals surface area contributed by atoms with Crippen LogP contribution in [0.2, 0.25) is 0 Å². The molecule has 0 amide bonds. The van der Waals surface area contributed by atoms with Crippen LogP contribution in [0.5, 0.6) is 0 Å². The molecule has 0 unspecified atom stereocenters. The van der Waals surface area contributed by atoms with E-state index < -0.39 is 0 Å². The molecule has 1 aliphatic heterocycles. The van der Waals surface area contributed by atoms with Crippen LogP contribution in [0.4, 0.5) is 5.69 Å². The van der Waals surface area contributed by atoms with E-state index in [9.17, 15) is 0 Å². The Kier molecular flexibility index (Phi) is 3.04. The Morgan fingerprint density at radius 1 is 1.29 bits per heavy atom. The normalized spacial score (nSPS) is 18.3. The lowest BCUT2D eigenvalue weighted by Gasteiger charge is -2.22. The van der Waals surface area contributed by atoms with Crippen molar-refractivity contribution in [2.75, 3.05) is 18.8 Å². The number of piperidine rings is 1. The van der Waals surface area contributed by atoms with Gasteiger partial charge in [0.05, 0.1) is 0 Å². The Labute approximate surface area is 85.5 Å². The van der Waals surface area contributed by atoms with E-state index in [0.717, 1.165) is 11.6 Å². The molecule has 2 heteroatoms. The van der Waals surface area contributed by atoms with Gasteiger partial charge in [-0.2, -0.15) is 0 Å². The van der Waals surface area contributed by atoms with E-state index in [0.29, 0.717) is 0 Å². The molecule has 1 fully saturated rings. The zero-order chi connectivity index (χ0) is 9.80. The molecule has 0 atom stereocenters. The van der Waals surface area contributed by atoms with Crippen LogP contribution in [-0.2, 0) is 6.42 Å².